The fraction of sp³-hybridized carbons (Fsp3) is 0.154. The van der Waals surface area contributed by atoms with Crippen molar-refractivity contribution in [3.8, 4) is 0 Å². The van der Waals surface area contributed by atoms with E-state index in [1.165, 1.54) is 18.3 Å². The van der Waals surface area contributed by atoms with E-state index in [-0.39, 0.29) is 12.2 Å². The average Bonchev–Trinajstić information content (AvgIpc) is 2.83. The minimum atomic E-state index is -1.12. The normalized spacial score (nSPS) is 10.1. The molecule has 2 aromatic rings. The molecule has 2 rings (SSSR count). The molecule has 0 aliphatic carbocycles. The number of aryl methyl sites for hydroxylation is 1. The summed E-state index contributed by atoms with van der Waals surface area (Å²) in [6.45, 7) is 2.08. The summed E-state index contributed by atoms with van der Waals surface area (Å²) in [5.41, 5.74) is 0.324. The summed E-state index contributed by atoms with van der Waals surface area (Å²) in [6, 6.07) is 5.94. The van der Waals surface area contributed by atoms with Gasteiger partial charge in [0.15, 0.2) is 0 Å². The molecule has 0 radical (unpaired) electrons. The van der Waals surface area contributed by atoms with E-state index in [0.29, 0.717) is 11.4 Å². The molecule has 3 N–H and O–H groups in total. The Morgan fingerprint density at radius 1 is 1.30 bits per heavy atom. The molecule has 0 aliphatic rings. The van der Waals surface area contributed by atoms with E-state index in [4.69, 9.17) is 9.52 Å². The number of furan rings is 1. The van der Waals surface area contributed by atoms with E-state index < -0.39 is 12.0 Å². The van der Waals surface area contributed by atoms with Crippen molar-refractivity contribution in [3.63, 3.8) is 0 Å². The number of carboxylic acids is 1. The van der Waals surface area contributed by atoms with Crippen LogP contribution in [0.3, 0.4) is 0 Å². The predicted octanol–water partition coefficient (Wildman–Crippen LogP) is 2.00. The van der Waals surface area contributed by atoms with Crippen molar-refractivity contribution >= 4 is 17.7 Å². The summed E-state index contributed by atoms with van der Waals surface area (Å²) < 4.78 is 5.31. The molecule has 0 aromatic carbocycles. The Labute approximate surface area is 114 Å². The molecule has 0 spiro atoms. The molecule has 20 heavy (non-hydrogen) atoms. The van der Waals surface area contributed by atoms with Crippen LogP contribution in [0, 0.1) is 6.92 Å². The first-order chi connectivity index (χ1) is 9.54. The van der Waals surface area contributed by atoms with Gasteiger partial charge in [-0.15, -0.1) is 0 Å². The number of aromatic carboxylic acids is 1. The van der Waals surface area contributed by atoms with Crippen molar-refractivity contribution in [2.24, 2.45) is 0 Å². The first-order valence-corrected chi connectivity index (χ1v) is 5.84. The lowest BCUT2D eigenvalue weighted by atomic mass is 10.3. The van der Waals surface area contributed by atoms with Gasteiger partial charge in [-0.2, -0.15) is 0 Å². The van der Waals surface area contributed by atoms with E-state index in [1.807, 2.05) is 13.0 Å². The van der Waals surface area contributed by atoms with Gasteiger partial charge in [-0.3, -0.25) is 0 Å². The minimum Gasteiger partial charge on any atom is -0.477 e. The fourth-order valence-electron chi connectivity index (χ4n) is 1.52. The number of hydrogen-bond donors (Lipinski definition) is 3. The van der Waals surface area contributed by atoms with Crippen LogP contribution in [0.2, 0.25) is 0 Å². The number of aromatic nitrogens is 1. The highest BCUT2D eigenvalue weighted by Crippen LogP contribution is 2.07. The number of carbonyl (C=O) groups is 2. The first-order valence-electron chi connectivity index (χ1n) is 5.84. The first kappa shape index (κ1) is 13.6. The maximum atomic E-state index is 11.6. The van der Waals surface area contributed by atoms with Gasteiger partial charge in [-0.05, 0) is 31.2 Å². The highest BCUT2D eigenvalue weighted by Gasteiger charge is 2.06. The zero-order chi connectivity index (χ0) is 14.5. The molecule has 7 nitrogen and oxygen atoms in total. The van der Waals surface area contributed by atoms with Crippen molar-refractivity contribution < 1.29 is 19.1 Å². The number of nitrogens with zero attached hydrogens (tertiary/aromatic N) is 1. The smallest absolute Gasteiger partial charge is 0.354 e. The van der Waals surface area contributed by atoms with Crippen molar-refractivity contribution in [2.45, 2.75) is 13.5 Å². The molecule has 0 saturated carbocycles. The quantitative estimate of drug-likeness (QED) is 0.791. The zero-order valence-corrected chi connectivity index (χ0v) is 10.7. The van der Waals surface area contributed by atoms with Gasteiger partial charge in [-0.1, -0.05) is 0 Å². The number of rotatable bonds is 4. The van der Waals surface area contributed by atoms with Crippen LogP contribution in [0.25, 0.3) is 0 Å². The molecule has 2 heterocycles. The summed E-state index contributed by atoms with van der Waals surface area (Å²) in [7, 11) is 0. The van der Waals surface area contributed by atoms with Crippen molar-refractivity contribution in [1.82, 2.24) is 10.3 Å². The Bertz CT molecular complexity index is 619. The van der Waals surface area contributed by atoms with Crippen molar-refractivity contribution in [2.75, 3.05) is 5.32 Å². The molecule has 2 amide bonds. The number of pyridine rings is 1. The molecule has 2 aromatic heterocycles. The highest BCUT2D eigenvalue weighted by molar-refractivity contribution is 5.90. The molecule has 0 fully saturated rings. The number of amides is 2. The third-order valence-corrected chi connectivity index (χ3v) is 2.46. The summed E-state index contributed by atoms with van der Waals surface area (Å²) in [4.78, 5) is 25.9. The van der Waals surface area contributed by atoms with Gasteiger partial charge in [0.2, 0.25) is 0 Å². The molecule has 0 bridgehead atoms. The van der Waals surface area contributed by atoms with Gasteiger partial charge in [0.1, 0.15) is 17.2 Å². The lowest BCUT2D eigenvalue weighted by molar-refractivity contribution is 0.0690. The Hall–Kier alpha value is -2.83. The summed E-state index contributed by atoms with van der Waals surface area (Å²) in [5, 5.41) is 13.8. The Kier molecular flexibility index (Phi) is 3.99. The van der Waals surface area contributed by atoms with Gasteiger partial charge in [-0.25, -0.2) is 14.6 Å². The van der Waals surface area contributed by atoms with E-state index in [0.717, 1.165) is 5.76 Å². The maximum Gasteiger partial charge on any atom is 0.354 e. The van der Waals surface area contributed by atoms with E-state index in [2.05, 4.69) is 15.6 Å². The van der Waals surface area contributed by atoms with Gasteiger partial charge in [0, 0.05) is 0 Å². The van der Waals surface area contributed by atoms with E-state index in [1.54, 1.807) is 6.07 Å². The van der Waals surface area contributed by atoms with Crippen LogP contribution in [-0.4, -0.2) is 22.1 Å². The second-order valence-corrected chi connectivity index (χ2v) is 4.06. The number of hydrogen-bond acceptors (Lipinski definition) is 4. The standard InChI is InChI=1S/C13H13N3O4/c1-8-2-4-10(20-8)7-15-13(19)16-9-3-5-11(12(17)18)14-6-9/h2-6H,7H2,1H3,(H,17,18)(H2,15,16,19). The van der Waals surface area contributed by atoms with Crippen LogP contribution in [-0.2, 0) is 6.54 Å². The molecule has 7 heteroatoms. The second kappa shape index (κ2) is 5.87. The molecule has 0 unspecified atom stereocenters. The lowest BCUT2D eigenvalue weighted by Gasteiger charge is -2.06. The molecule has 0 saturated heterocycles. The third-order valence-electron chi connectivity index (χ3n) is 2.46. The van der Waals surface area contributed by atoms with Crippen LogP contribution >= 0.6 is 0 Å². The second-order valence-electron chi connectivity index (χ2n) is 4.06. The lowest BCUT2D eigenvalue weighted by Crippen LogP contribution is -2.28. The Balaban J connectivity index is 1.86. The number of carbonyl (C=O) groups excluding carboxylic acids is 1. The number of urea groups is 1. The third kappa shape index (κ3) is 3.58. The molecule has 0 aliphatic heterocycles. The van der Waals surface area contributed by atoms with Gasteiger partial charge >= 0.3 is 12.0 Å². The van der Waals surface area contributed by atoms with Crippen molar-refractivity contribution in [1.29, 1.82) is 0 Å². The minimum absolute atomic E-state index is 0.0815. The van der Waals surface area contributed by atoms with E-state index in [9.17, 15) is 9.59 Å². The number of nitrogens with one attached hydrogen (secondary N) is 2. The monoisotopic (exact) mass is 275 g/mol. The Morgan fingerprint density at radius 3 is 2.65 bits per heavy atom. The molecular formula is C13H13N3O4. The molecule has 104 valence electrons. The highest BCUT2D eigenvalue weighted by atomic mass is 16.4. The number of anilines is 1. The maximum absolute atomic E-state index is 11.6. The largest absolute Gasteiger partial charge is 0.477 e. The van der Waals surface area contributed by atoms with Gasteiger partial charge in [0.25, 0.3) is 0 Å². The van der Waals surface area contributed by atoms with Gasteiger partial charge < -0.3 is 20.2 Å². The van der Waals surface area contributed by atoms with Crippen LogP contribution in [0.5, 0.6) is 0 Å². The van der Waals surface area contributed by atoms with Gasteiger partial charge in [0.05, 0.1) is 18.4 Å². The summed E-state index contributed by atoms with van der Waals surface area (Å²) in [5.74, 6) is 0.307. The fourth-order valence-corrected chi connectivity index (χ4v) is 1.52. The molecular weight excluding hydrogens is 262 g/mol. The Morgan fingerprint density at radius 2 is 2.10 bits per heavy atom. The van der Waals surface area contributed by atoms with Crippen LogP contribution in [0.4, 0.5) is 10.5 Å². The number of carboxylic acid groups (broad SMARTS) is 1. The van der Waals surface area contributed by atoms with Crippen LogP contribution < -0.4 is 10.6 Å². The van der Waals surface area contributed by atoms with Crippen LogP contribution in [0.1, 0.15) is 22.0 Å². The van der Waals surface area contributed by atoms with Crippen molar-refractivity contribution in [3.05, 3.63) is 47.7 Å². The SMILES string of the molecule is Cc1ccc(CNC(=O)Nc2ccc(C(=O)O)nc2)o1. The zero-order valence-electron chi connectivity index (χ0n) is 10.7. The average molecular weight is 275 g/mol. The van der Waals surface area contributed by atoms with Crippen LogP contribution in [0.15, 0.2) is 34.9 Å². The topological polar surface area (TPSA) is 104 Å². The summed E-state index contributed by atoms with van der Waals surface area (Å²) in [6.07, 6.45) is 1.28. The van der Waals surface area contributed by atoms with E-state index >= 15 is 0 Å². The summed E-state index contributed by atoms with van der Waals surface area (Å²) >= 11 is 0. The molecule has 0 atom stereocenters. The predicted molar refractivity (Wildman–Crippen MR) is 70.5 cm³/mol.